The molecule has 1 amide bonds. The van der Waals surface area contributed by atoms with Crippen LogP contribution in [0.25, 0.3) is 0 Å². The van der Waals surface area contributed by atoms with E-state index in [1.807, 2.05) is 4.90 Å². The summed E-state index contributed by atoms with van der Waals surface area (Å²) in [6.07, 6.45) is 2.23. The van der Waals surface area contributed by atoms with Crippen molar-refractivity contribution in [1.82, 2.24) is 4.90 Å². The van der Waals surface area contributed by atoms with Crippen LogP contribution in [0.1, 0.15) is 30.1 Å². The number of hydrogen-bond donors (Lipinski definition) is 1. The molecule has 1 heterocycles. The number of phenols is 1. The molecule has 0 saturated carbocycles. The van der Waals surface area contributed by atoms with Crippen LogP contribution in [0.2, 0.25) is 0 Å². The van der Waals surface area contributed by atoms with Gasteiger partial charge in [0.2, 0.25) is 0 Å². The van der Waals surface area contributed by atoms with E-state index in [-0.39, 0.29) is 11.7 Å². The van der Waals surface area contributed by atoms with Gasteiger partial charge < -0.3 is 10.0 Å². The first-order valence-corrected chi connectivity index (χ1v) is 5.79. The number of hydrogen-bond acceptors (Lipinski definition) is 2. The third kappa shape index (κ3) is 2.18. The van der Waals surface area contributed by atoms with Crippen molar-refractivity contribution in [3.8, 4) is 5.75 Å². The van der Waals surface area contributed by atoms with Crippen molar-refractivity contribution in [3.63, 3.8) is 0 Å². The van der Waals surface area contributed by atoms with E-state index in [9.17, 15) is 9.90 Å². The zero-order valence-corrected chi connectivity index (χ0v) is 9.52. The number of likely N-dealkylation sites (tertiary alicyclic amines) is 1. The van der Waals surface area contributed by atoms with Crippen molar-refractivity contribution in [2.45, 2.75) is 19.8 Å². The van der Waals surface area contributed by atoms with Crippen LogP contribution in [0.5, 0.6) is 5.75 Å². The summed E-state index contributed by atoms with van der Waals surface area (Å²) in [5.41, 5.74) is 0.580. The number of aromatic hydroxyl groups is 1. The van der Waals surface area contributed by atoms with Crippen LogP contribution in [0.4, 0.5) is 0 Å². The Morgan fingerprint density at radius 1 is 1.56 bits per heavy atom. The molecule has 86 valence electrons. The third-order valence-electron chi connectivity index (χ3n) is 3.24. The summed E-state index contributed by atoms with van der Waals surface area (Å²) in [6.45, 7) is 3.85. The van der Waals surface area contributed by atoms with Gasteiger partial charge in [0.15, 0.2) is 0 Å². The smallest absolute Gasteiger partial charge is 0.253 e. The lowest BCUT2D eigenvalue weighted by molar-refractivity contribution is 0.0786. The summed E-state index contributed by atoms with van der Waals surface area (Å²) in [5.74, 6) is 0.824. The Kier molecular flexibility index (Phi) is 3.13. The average molecular weight is 219 g/mol. The standard InChI is InChI=1S/C13H17NO2/c1-2-10-6-7-14(9-10)13(16)11-4-3-5-12(15)8-11/h3-5,8,10,15H,2,6-7,9H2,1H3. The quantitative estimate of drug-likeness (QED) is 0.828. The summed E-state index contributed by atoms with van der Waals surface area (Å²) >= 11 is 0. The summed E-state index contributed by atoms with van der Waals surface area (Å²) < 4.78 is 0. The molecule has 1 aromatic carbocycles. The Bertz CT molecular complexity index is 389. The predicted molar refractivity (Wildman–Crippen MR) is 62.4 cm³/mol. The molecule has 0 bridgehead atoms. The molecule has 1 aliphatic rings. The predicted octanol–water partition coefficient (Wildman–Crippen LogP) is 2.26. The Hall–Kier alpha value is -1.51. The van der Waals surface area contributed by atoms with Crippen molar-refractivity contribution in [1.29, 1.82) is 0 Å². The Balaban J connectivity index is 2.08. The van der Waals surface area contributed by atoms with Crippen LogP contribution in [-0.4, -0.2) is 29.0 Å². The zero-order chi connectivity index (χ0) is 11.5. The van der Waals surface area contributed by atoms with Gasteiger partial charge in [0.25, 0.3) is 5.91 Å². The van der Waals surface area contributed by atoms with E-state index in [4.69, 9.17) is 0 Å². The molecule has 0 spiro atoms. The van der Waals surface area contributed by atoms with Crippen LogP contribution in [0.15, 0.2) is 24.3 Å². The van der Waals surface area contributed by atoms with Gasteiger partial charge in [-0.05, 0) is 30.5 Å². The number of carbonyl (C=O) groups is 1. The molecule has 1 aromatic rings. The lowest BCUT2D eigenvalue weighted by atomic mass is 10.1. The highest BCUT2D eigenvalue weighted by molar-refractivity contribution is 5.94. The Morgan fingerprint density at radius 2 is 2.38 bits per heavy atom. The number of nitrogens with zero attached hydrogens (tertiary/aromatic N) is 1. The average Bonchev–Trinajstić information content (AvgIpc) is 2.76. The molecule has 0 aliphatic carbocycles. The van der Waals surface area contributed by atoms with Gasteiger partial charge in [-0.25, -0.2) is 0 Å². The summed E-state index contributed by atoms with van der Waals surface area (Å²) in [6, 6.07) is 6.56. The molecule has 1 fully saturated rings. The Morgan fingerprint density at radius 3 is 3.00 bits per heavy atom. The SMILES string of the molecule is CCC1CCN(C(=O)c2cccc(O)c2)C1. The number of rotatable bonds is 2. The maximum absolute atomic E-state index is 12.1. The van der Waals surface area contributed by atoms with Gasteiger partial charge in [0, 0.05) is 18.7 Å². The zero-order valence-electron chi connectivity index (χ0n) is 9.52. The van der Waals surface area contributed by atoms with Crippen molar-refractivity contribution in [2.24, 2.45) is 5.92 Å². The van der Waals surface area contributed by atoms with Gasteiger partial charge in [0.1, 0.15) is 5.75 Å². The number of carbonyl (C=O) groups excluding carboxylic acids is 1. The lowest BCUT2D eigenvalue weighted by Gasteiger charge is -2.16. The molecule has 1 aliphatic heterocycles. The molecule has 2 rings (SSSR count). The molecule has 1 N–H and O–H groups in total. The first kappa shape index (κ1) is 11.0. The second-order valence-electron chi connectivity index (χ2n) is 4.36. The van der Waals surface area contributed by atoms with Crippen molar-refractivity contribution in [3.05, 3.63) is 29.8 Å². The van der Waals surface area contributed by atoms with E-state index in [0.29, 0.717) is 11.5 Å². The molecule has 0 aromatic heterocycles. The van der Waals surface area contributed by atoms with Crippen molar-refractivity contribution in [2.75, 3.05) is 13.1 Å². The maximum atomic E-state index is 12.1. The lowest BCUT2D eigenvalue weighted by Crippen LogP contribution is -2.28. The second kappa shape index (κ2) is 4.56. The van der Waals surface area contributed by atoms with Gasteiger partial charge in [-0.15, -0.1) is 0 Å². The van der Waals surface area contributed by atoms with Crippen LogP contribution in [0.3, 0.4) is 0 Å². The highest BCUT2D eigenvalue weighted by atomic mass is 16.3. The molecule has 3 nitrogen and oxygen atoms in total. The number of benzene rings is 1. The summed E-state index contributed by atoms with van der Waals surface area (Å²) in [7, 11) is 0. The van der Waals surface area contributed by atoms with Gasteiger partial charge in [0.05, 0.1) is 0 Å². The van der Waals surface area contributed by atoms with Crippen LogP contribution < -0.4 is 0 Å². The number of amides is 1. The molecular formula is C13H17NO2. The van der Waals surface area contributed by atoms with Gasteiger partial charge in [-0.1, -0.05) is 19.4 Å². The van der Waals surface area contributed by atoms with Gasteiger partial charge in [-0.3, -0.25) is 4.79 Å². The van der Waals surface area contributed by atoms with Crippen LogP contribution in [-0.2, 0) is 0 Å². The summed E-state index contributed by atoms with van der Waals surface area (Å²) in [4.78, 5) is 14.0. The fourth-order valence-corrected chi connectivity index (χ4v) is 2.17. The fraction of sp³-hybridized carbons (Fsp3) is 0.462. The molecule has 1 unspecified atom stereocenters. The Labute approximate surface area is 95.7 Å². The van der Waals surface area contributed by atoms with E-state index >= 15 is 0 Å². The molecule has 3 heteroatoms. The maximum Gasteiger partial charge on any atom is 0.253 e. The van der Waals surface area contributed by atoms with E-state index in [0.717, 1.165) is 25.9 Å². The van der Waals surface area contributed by atoms with Crippen LogP contribution >= 0.6 is 0 Å². The van der Waals surface area contributed by atoms with Crippen molar-refractivity contribution < 1.29 is 9.90 Å². The minimum atomic E-state index is 0.0341. The topological polar surface area (TPSA) is 40.5 Å². The van der Waals surface area contributed by atoms with E-state index < -0.39 is 0 Å². The number of phenolic OH excluding ortho intramolecular Hbond substituents is 1. The third-order valence-corrected chi connectivity index (χ3v) is 3.24. The minimum absolute atomic E-state index is 0.0341. The van der Waals surface area contributed by atoms with Gasteiger partial charge in [-0.2, -0.15) is 0 Å². The summed E-state index contributed by atoms with van der Waals surface area (Å²) in [5, 5.41) is 9.33. The van der Waals surface area contributed by atoms with Crippen molar-refractivity contribution >= 4 is 5.91 Å². The van der Waals surface area contributed by atoms with E-state index in [2.05, 4.69) is 6.92 Å². The highest BCUT2D eigenvalue weighted by Crippen LogP contribution is 2.22. The van der Waals surface area contributed by atoms with Gasteiger partial charge >= 0.3 is 0 Å². The van der Waals surface area contributed by atoms with E-state index in [1.165, 1.54) is 6.07 Å². The monoisotopic (exact) mass is 219 g/mol. The second-order valence-corrected chi connectivity index (χ2v) is 4.36. The first-order chi connectivity index (χ1) is 7.70. The van der Waals surface area contributed by atoms with Crippen LogP contribution in [0, 0.1) is 5.92 Å². The molecule has 16 heavy (non-hydrogen) atoms. The largest absolute Gasteiger partial charge is 0.508 e. The fourth-order valence-electron chi connectivity index (χ4n) is 2.17. The van der Waals surface area contributed by atoms with E-state index in [1.54, 1.807) is 18.2 Å². The highest BCUT2D eigenvalue weighted by Gasteiger charge is 2.25. The molecular weight excluding hydrogens is 202 g/mol. The molecule has 0 radical (unpaired) electrons. The first-order valence-electron chi connectivity index (χ1n) is 5.79. The molecule has 1 atom stereocenters. The normalized spacial score (nSPS) is 20.1. The molecule has 1 saturated heterocycles. The minimum Gasteiger partial charge on any atom is -0.508 e.